The molecule has 16 heavy (non-hydrogen) atoms. The molecule has 7 heteroatoms. The number of anilines is 1. The van der Waals surface area contributed by atoms with Crippen molar-refractivity contribution in [3.05, 3.63) is 23.1 Å². The van der Waals surface area contributed by atoms with Gasteiger partial charge in [0.2, 0.25) is 10.7 Å². The lowest BCUT2D eigenvalue weighted by atomic mass is 10.4. The van der Waals surface area contributed by atoms with E-state index in [1.807, 2.05) is 13.0 Å². The molecule has 2 rings (SSSR count). The Morgan fingerprint density at radius 2 is 2.38 bits per heavy atom. The van der Waals surface area contributed by atoms with Crippen molar-refractivity contribution in [1.29, 1.82) is 0 Å². The standard InChI is InChI=1S/C9H10BrN5O/c1-2-16-6-4-3-5-12-7(6)15-8(10)13-9(11)14-15/h3-5H,2H2,1H3,(H2,11,14). The van der Waals surface area contributed by atoms with Crippen LogP contribution in [-0.2, 0) is 0 Å². The van der Waals surface area contributed by atoms with Gasteiger partial charge in [-0.1, -0.05) is 0 Å². The van der Waals surface area contributed by atoms with Crippen molar-refractivity contribution < 1.29 is 4.74 Å². The summed E-state index contributed by atoms with van der Waals surface area (Å²) in [6.07, 6.45) is 1.65. The minimum Gasteiger partial charge on any atom is -0.490 e. The third-order valence-electron chi connectivity index (χ3n) is 1.84. The fourth-order valence-electron chi connectivity index (χ4n) is 1.25. The third kappa shape index (κ3) is 1.99. The van der Waals surface area contributed by atoms with Crippen LogP contribution in [0.3, 0.4) is 0 Å². The van der Waals surface area contributed by atoms with E-state index < -0.39 is 0 Å². The van der Waals surface area contributed by atoms with Crippen molar-refractivity contribution in [2.75, 3.05) is 12.3 Å². The zero-order valence-corrected chi connectivity index (χ0v) is 10.2. The summed E-state index contributed by atoms with van der Waals surface area (Å²) in [6, 6.07) is 3.61. The summed E-state index contributed by atoms with van der Waals surface area (Å²) < 4.78 is 7.42. The molecule has 0 radical (unpaired) electrons. The molecule has 2 aromatic heterocycles. The van der Waals surface area contributed by atoms with E-state index >= 15 is 0 Å². The maximum atomic E-state index is 5.50. The largest absolute Gasteiger partial charge is 0.490 e. The maximum absolute atomic E-state index is 5.50. The molecule has 84 valence electrons. The number of aromatic nitrogens is 4. The van der Waals surface area contributed by atoms with E-state index in [-0.39, 0.29) is 5.95 Å². The Bertz CT molecular complexity index is 498. The lowest BCUT2D eigenvalue weighted by molar-refractivity contribution is 0.336. The number of rotatable bonds is 3. The van der Waals surface area contributed by atoms with Crippen molar-refractivity contribution in [2.45, 2.75) is 6.92 Å². The molecule has 6 nitrogen and oxygen atoms in total. The van der Waals surface area contributed by atoms with Gasteiger partial charge in [-0.15, -0.1) is 5.10 Å². The van der Waals surface area contributed by atoms with Crippen LogP contribution < -0.4 is 10.5 Å². The van der Waals surface area contributed by atoms with Crippen LogP contribution in [0, 0.1) is 0 Å². The second-order valence-electron chi connectivity index (χ2n) is 2.91. The van der Waals surface area contributed by atoms with Gasteiger partial charge in [0.15, 0.2) is 11.6 Å². The molecule has 0 saturated heterocycles. The Kier molecular flexibility index (Phi) is 3.04. The molecule has 0 unspecified atom stereocenters. The molecule has 2 heterocycles. The summed E-state index contributed by atoms with van der Waals surface area (Å²) in [4.78, 5) is 8.13. The Morgan fingerprint density at radius 1 is 1.56 bits per heavy atom. The second-order valence-corrected chi connectivity index (χ2v) is 3.62. The molecule has 0 aromatic carbocycles. The highest BCUT2D eigenvalue weighted by Crippen LogP contribution is 2.22. The van der Waals surface area contributed by atoms with E-state index in [4.69, 9.17) is 10.5 Å². The minimum absolute atomic E-state index is 0.181. The Hall–Kier alpha value is -1.63. The van der Waals surface area contributed by atoms with Crippen LogP contribution >= 0.6 is 15.9 Å². The monoisotopic (exact) mass is 283 g/mol. The van der Waals surface area contributed by atoms with E-state index in [1.165, 1.54) is 4.68 Å². The van der Waals surface area contributed by atoms with E-state index in [0.29, 0.717) is 22.9 Å². The van der Waals surface area contributed by atoms with Crippen LogP contribution in [0.15, 0.2) is 23.1 Å². The van der Waals surface area contributed by atoms with E-state index in [9.17, 15) is 0 Å². The molecule has 0 aliphatic heterocycles. The van der Waals surface area contributed by atoms with Crippen LogP contribution in [0.5, 0.6) is 5.75 Å². The maximum Gasteiger partial charge on any atom is 0.241 e. The molecule has 0 atom stereocenters. The summed E-state index contributed by atoms with van der Waals surface area (Å²) in [7, 11) is 0. The predicted octanol–water partition coefficient (Wildman–Crippen LogP) is 1.41. The Balaban J connectivity index is 2.50. The number of halogens is 1. The number of pyridine rings is 1. The van der Waals surface area contributed by atoms with E-state index in [1.54, 1.807) is 12.3 Å². The fourth-order valence-corrected chi connectivity index (χ4v) is 1.68. The summed E-state index contributed by atoms with van der Waals surface area (Å²) in [5.74, 6) is 1.37. The van der Waals surface area contributed by atoms with Gasteiger partial charge in [-0.05, 0) is 35.0 Å². The molecule has 2 N–H and O–H groups in total. The SMILES string of the molecule is CCOc1cccnc1-n1nc(N)nc1Br. The highest BCUT2D eigenvalue weighted by Gasteiger charge is 2.12. The van der Waals surface area contributed by atoms with Gasteiger partial charge in [-0.3, -0.25) is 0 Å². The molecule has 0 amide bonds. The van der Waals surface area contributed by atoms with Gasteiger partial charge in [0.05, 0.1) is 6.61 Å². The highest BCUT2D eigenvalue weighted by atomic mass is 79.9. The van der Waals surface area contributed by atoms with Crippen molar-refractivity contribution in [2.24, 2.45) is 0 Å². The normalized spacial score (nSPS) is 10.4. The van der Waals surface area contributed by atoms with Gasteiger partial charge in [0.25, 0.3) is 0 Å². The lowest BCUT2D eigenvalue weighted by Gasteiger charge is -2.08. The summed E-state index contributed by atoms with van der Waals surface area (Å²) in [5, 5.41) is 4.02. The van der Waals surface area contributed by atoms with Crippen LogP contribution in [0.25, 0.3) is 5.82 Å². The first-order chi connectivity index (χ1) is 7.72. The van der Waals surface area contributed by atoms with Gasteiger partial charge >= 0.3 is 0 Å². The van der Waals surface area contributed by atoms with Gasteiger partial charge in [-0.2, -0.15) is 9.67 Å². The first-order valence-electron chi connectivity index (χ1n) is 4.68. The number of nitrogen functional groups attached to an aromatic ring is 1. The average molecular weight is 284 g/mol. The predicted molar refractivity (Wildman–Crippen MR) is 62.4 cm³/mol. The number of nitrogens with zero attached hydrogens (tertiary/aromatic N) is 4. The van der Waals surface area contributed by atoms with E-state index in [0.717, 1.165) is 0 Å². The van der Waals surface area contributed by atoms with Crippen molar-refractivity contribution in [3.8, 4) is 11.6 Å². The van der Waals surface area contributed by atoms with Crippen LogP contribution in [-0.4, -0.2) is 26.4 Å². The van der Waals surface area contributed by atoms with Crippen molar-refractivity contribution in [1.82, 2.24) is 19.7 Å². The molecular weight excluding hydrogens is 274 g/mol. The number of nitrogens with two attached hydrogens (primary N) is 1. The molecule has 0 aliphatic rings. The zero-order chi connectivity index (χ0) is 11.5. The Labute approximate surface area is 101 Å². The molecule has 0 spiro atoms. The fraction of sp³-hybridized carbons (Fsp3) is 0.222. The lowest BCUT2D eigenvalue weighted by Crippen LogP contribution is -2.04. The zero-order valence-electron chi connectivity index (χ0n) is 8.59. The third-order valence-corrected chi connectivity index (χ3v) is 2.35. The summed E-state index contributed by atoms with van der Waals surface area (Å²) in [6.45, 7) is 2.46. The van der Waals surface area contributed by atoms with E-state index in [2.05, 4.69) is 31.0 Å². The quantitative estimate of drug-likeness (QED) is 0.921. The van der Waals surface area contributed by atoms with Gasteiger partial charge in [0, 0.05) is 6.20 Å². The first kappa shape index (κ1) is 10.9. The van der Waals surface area contributed by atoms with Crippen LogP contribution in [0.1, 0.15) is 6.92 Å². The van der Waals surface area contributed by atoms with Crippen molar-refractivity contribution in [3.63, 3.8) is 0 Å². The summed E-state index contributed by atoms with van der Waals surface area (Å²) in [5.41, 5.74) is 5.50. The van der Waals surface area contributed by atoms with Gasteiger partial charge in [-0.25, -0.2) is 4.98 Å². The van der Waals surface area contributed by atoms with Gasteiger partial charge in [0.1, 0.15) is 0 Å². The molecule has 0 aliphatic carbocycles. The highest BCUT2D eigenvalue weighted by molar-refractivity contribution is 9.10. The number of hydrogen-bond donors (Lipinski definition) is 1. The summed E-state index contributed by atoms with van der Waals surface area (Å²) >= 11 is 3.25. The molecule has 0 fully saturated rings. The minimum atomic E-state index is 0.181. The second kappa shape index (κ2) is 4.48. The smallest absolute Gasteiger partial charge is 0.241 e. The van der Waals surface area contributed by atoms with Crippen LogP contribution in [0.2, 0.25) is 0 Å². The number of hydrogen-bond acceptors (Lipinski definition) is 5. The Morgan fingerprint density at radius 3 is 3.00 bits per heavy atom. The van der Waals surface area contributed by atoms with Crippen molar-refractivity contribution >= 4 is 21.9 Å². The molecule has 2 aromatic rings. The number of ether oxygens (including phenoxy) is 1. The average Bonchev–Trinajstić information content (AvgIpc) is 2.59. The molecular formula is C9H10BrN5O. The molecule has 0 bridgehead atoms. The molecule has 0 saturated carbocycles. The topological polar surface area (TPSA) is 78.8 Å². The first-order valence-corrected chi connectivity index (χ1v) is 5.48. The van der Waals surface area contributed by atoms with Crippen LogP contribution in [0.4, 0.5) is 5.95 Å². The van der Waals surface area contributed by atoms with Gasteiger partial charge < -0.3 is 10.5 Å².